The summed E-state index contributed by atoms with van der Waals surface area (Å²) in [5.74, 6) is 0.198. The molecule has 1 N–H and O–H groups in total. The lowest BCUT2D eigenvalue weighted by molar-refractivity contribution is -0.131. The first kappa shape index (κ1) is 17.4. The van der Waals surface area contributed by atoms with E-state index in [1.807, 2.05) is 11.9 Å². The zero-order valence-corrected chi connectivity index (χ0v) is 13.7. The van der Waals surface area contributed by atoms with Crippen LogP contribution in [0.3, 0.4) is 0 Å². The SMILES string of the molecule is CCc1nc(CN2CCN(C(=O)CNC)CC2)cs1.Cl. The van der Waals surface area contributed by atoms with E-state index in [1.54, 1.807) is 11.3 Å². The molecule has 2 heterocycles. The Bertz CT molecular complexity index is 418. The van der Waals surface area contributed by atoms with E-state index in [4.69, 9.17) is 0 Å². The van der Waals surface area contributed by atoms with Crippen LogP contribution in [0.15, 0.2) is 5.38 Å². The molecule has 1 saturated heterocycles. The van der Waals surface area contributed by atoms with Crippen LogP contribution < -0.4 is 5.32 Å². The average Bonchev–Trinajstić information content (AvgIpc) is 2.87. The number of hydrogen-bond donors (Lipinski definition) is 1. The fourth-order valence-electron chi connectivity index (χ4n) is 2.23. The van der Waals surface area contributed by atoms with Crippen LogP contribution in [0.1, 0.15) is 17.6 Å². The summed E-state index contributed by atoms with van der Waals surface area (Å²) in [7, 11) is 1.81. The molecule has 0 atom stereocenters. The van der Waals surface area contributed by atoms with Crippen LogP contribution in [-0.2, 0) is 17.8 Å². The first-order valence-electron chi connectivity index (χ1n) is 6.81. The van der Waals surface area contributed by atoms with Crippen molar-refractivity contribution in [2.45, 2.75) is 19.9 Å². The smallest absolute Gasteiger partial charge is 0.236 e. The standard InChI is InChI=1S/C13H22N4OS.ClH/c1-3-12-15-11(10-19-12)9-16-4-6-17(7-5-16)13(18)8-14-2;/h10,14H,3-9H2,1-2H3;1H. The van der Waals surface area contributed by atoms with Gasteiger partial charge in [0.05, 0.1) is 17.2 Å². The van der Waals surface area contributed by atoms with Crippen molar-refractivity contribution in [3.05, 3.63) is 16.1 Å². The number of halogens is 1. The topological polar surface area (TPSA) is 48.5 Å². The van der Waals surface area contributed by atoms with Gasteiger partial charge in [0.25, 0.3) is 0 Å². The molecular weight excluding hydrogens is 296 g/mol. The van der Waals surface area contributed by atoms with Gasteiger partial charge in [0, 0.05) is 38.1 Å². The quantitative estimate of drug-likeness (QED) is 0.879. The Kier molecular flexibility index (Phi) is 7.43. The van der Waals surface area contributed by atoms with Crippen LogP contribution in [0.5, 0.6) is 0 Å². The molecular formula is C13H23ClN4OS. The summed E-state index contributed by atoms with van der Waals surface area (Å²) in [6.45, 7) is 7.00. The second-order valence-corrected chi connectivity index (χ2v) is 5.72. The second-order valence-electron chi connectivity index (χ2n) is 4.77. The molecule has 0 spiro atoms. The number of aromatic nitrogens is 1. The van der Waals surface area contributed by atoms with Gasteiger partial charge in [-0.25, -0.2) is 4.98 Å². The molecule has 1 aliphatic rings. The van der Waals surface area contributed by atoms with E-state index in [1.165, 1.54) is 5.01 Å². The third-order valence-corrected chi connectivity index (χ3v) is 4.38. The predicted octanol–water partition coefficient (Wildman–Crippen LogP) is 0.991. The average molecular weight is 319 g/mol. The van der Waals surface area contributed by atoms with E-state index < -0.39 is 0 Å². The second kappa shape index (κ2) is 8.56. The van der Waals surface area contributed by atoms with Crippen molar-refractivity contribution >= 4 is 29.7 Å². The maximum absolute atomic E-state index is 11.7. The molecule has 1 amide bonds. The first-order valence-corrected chi connectivity index (χ1v) is 7.69. The summed E-state index contributed by atoms with van der Waals surface area (Å²) in [5.41, 5.74) is 1.16. The van der Waals surface area contributed by atoms with Gasteiger partial charge in [0.15, 0.2) is 0 Å². The Morgan fingerprint density at radius 3 is 2.65 bits per heavy atom. The highest BCUT2D eigenvalue weighted by molar-refractivity contribution is 7.09. The van der Waals surface area contributed by atoms with Crippen LogP contribution in [0.2, 0.25) is 0 Å². The third-order valence-electron chi connectivity index (χ3n) is 3.34. The number of aryl methyl sites for hydroxylation is 1. The molecule has 1 aliphatic heterocycles. The van der Waals surface area contributed by atoms with E-state index in [2.05, 4.69) is 27.5 Å². The van der Waals surface area contributed by atoms with E-state index in [0.29, 0.717) is 6.54 Å². The third kappa shape index (κ3) is 4.70. The zero-order valence-electron chi connectivity index (χ0n) is 12.1. The molecule has 7 heteroatoms. The van der Waals surface area contributed by atoms with Crippen molar-refractivity contribution in [3.63, 3.8) is 0 Å². The number of rotatable bonds is 5. The fraction of sp³-hybridized carbons (Fsp3) is 0.692. The number of hydrogen-bond acceptors (Lipinski definition) is 5. The number of amides is 1. The molecule has 5 nitrogen and oxygen atoms in total. The normalized spacial score (nSPS) is 16.0. The highest BCUT2D eigenvalue weighted by atomic mass is 35.5. The number of thiazole rings is 1. The van der Waals surface area contributed by atoms with Crippen molar-refractivity contribution in [3.8, 4) is 0 Å². The Hall–Kier alpha value is -0.690. The molecule has 0 radical (unpaired) electrons. The van der Waals surface area contributed by atoms with Gasteiger partial charge >= 0.3 is 0 Å². The highest BCUT2D eigenvalue weighted by Crippen LogP contribution is 2.13. The molecule has 1 aromatic rings. The van der Waals surface area contributed by atoms with Crippen LogP contribution in [0.25, 0.3) is 0 Å². The van der Waals surface area contributed by atoms with E-state index >= 15 is 0 Å². The Balaban J connectivity index is 0.00000200. The molecule has 1 fully saturated rings. The lowest BCUT2D eigenvalue weighted by Crippen LogP contribution is -2.50. The monoisotopic (exact) mass is 318 g/mol. The summed E-state index contributed by atoms with van der Waals surface area (Å²) >= 11 is 1.74. The maximum atomic E-state index is 11.7. The Labute approximate surface area is 130 Å². The van der Waals surface area contributed by atoms with Gasteiger partial charge < -0.3 is 10.2 Å². The fourth-order valence-corrected chi connectivity index (χ4v) is 2.97. The lowest BCUT2D eigenvalue weighted by Gasteiger charge is -2.34. The molecule has 0 saturated carbocycles. The zero-order chi connectivity index (χ0) is 13.7. The van der Waals surface area contributed by atoms with E-state index in [9.17, 15) is 4.79 Å². The number of likely N-dealkylation sites (N-methyl/N-ethyl adjacent to an activating group) is 1. The maximum Gasteiger partial charge on any atom is 0.236 e. The van der Waals surface area contributed by atoms with E-state index in [0.717, 1.165) is 44.8 Å². The van der Waals surface area contributed by atoms with Crippen LogP contribution in [0.4, 0.5) is 0 Å². The number of piperazine rings is 1. The van der Waals surface area contributed by atoms with Gasteiger partial charge in [-0.3, -0.25) is 9.69 Å². The summed E-state index contributed by atoms with van der Waals surface area (Å²) in [6.07, 6.45) is 1.01. The first-order chi connectivity index (χ1) is 9.22. The van der Waals surface area contributed by atoms with Crippen LogP contribution >= 0.6 is 23.7 Å². The van der Waals surface area contributed by atoms with Gasteiger partial charge in [-0.15, -0.1) is 23.7 Å². The Morgan fingerprint density at radius 1 is 1.40 bits per heavy atom. The summed E-state index contributed by atoms with van der Waals surface area (Å²) in [5, 5.41) is 6.27. The van der Waals surface area contributed by atoms with Gasteiger partial charge in [-0.2, -0.15) is 0 Å². The van der Waals surface area contributed by atoms with Gasteiger partial charge in [0.1, 0.15) is 0 Å². The van der Waals surface area contributed by atoms with E-state index in [-0.39, 0.29) is 18.3 Å². The predicted molar refractivity (Wildman–Crippen MR) is 84.5 cm³/mol. The molecule has 0 bridgehead atoms. The summed E-state index contributed by atoms with van der Waals surface area (Å²) < 4.78 is 0. The molecule has 114 valence electrons. The summed E-state index contributed by atoms with van der Waals surface area (Å²) in [6, 6.07) is 0. The molecule has 2 rings (SSSR count). The number of nitrogens with one attached hydrogen (secondary N) is 1. The van der Waals surface area contributed by atoms with Crippen molar-refractivity contribution in [2.24, 2.45) is 0 Å². The van der Waals surface area contributed by atoms with Crippen molar-refractivity contribution in [1.29, 1.82) is 0 Å². The molecule has 20 heavy (non-hydrogen) atoms. The van der Waals surface area contributed by atoms with Crippen molar-refractivity contribution in [1.82, 2.24) is 20.1 Å². The number of nitrogens with zero attached hydrogens (tertiary/aromatic N) is 3. The van der Waals surface area contributed by atoms with Crippen molar-refractivity contribution in [2.75, 3.05) is 39.8 Å². The largest absolute Gasteiger partial charge is 0.339 e. The molecule has 0 aliphatic carbocycles. The number of carbonyl (C=O) groups is 1. The molecule has 0 aromatic carbocycles. The molecule has 1 aromatic heterocycles. The van der Waals surface area contributed by atoms with Gasteiger partial charge in [-0.05, 0) is 13.5 Å². The van der Waals surface area contributed by atoms with Gasteiger partial charge in [0.2, 0.25) is 5.91 Å². The number of carbonyl (C=O) groups excluding carboxylic acids is 1. The lowest BCUT2D eigenvalue weighted by atomic mass is 10.3. The highest BCUT2D eigenvalue weighted by Gasteiger charge is 2.20. The minimum absolute atomic E-state index is 0. The Morgan fingerprint density at radius 2 is 2.10 bits per heavy atom. The minimum Gasteiger partial charge on any atom is -0.339 e. The molecule has 0 unspecified atom stereocenters. The van der Waals surface area contributed by atoms with Crippen LogP contribution in [-0.4, -0.2) is 60.5 Å². The van der Waals surface area contributed by atoms with Crippen LogP contribution in [0, 0.1) is 0 Å². The summed E-state index contributed by atoms with van der Waals surface area (Å²) in [4.78, 5) is 20.6. The minimum atomic E-state index is 0. The van der Waals surface area contributed by atoms with Crippen molar-refractivity contribution < 1.29 is 4.79 Å². The van der Waals surface area contributed by atoms with Gasteiger partial charge in [-0.1, -0.05) is 6.92 Å².